The van der Waals surface area contributed by atoms with E-state index in [0.29, 0.717) is 11.6 Å². The van der Waals surface area contributed by atoms with E-state index in [4.69, 9.17) is 11.6 Å². The fourth-order valence-electron chi connectivity index (χ4n) is 2.12. The van der Waals surface area contributed by atoms with Crippen molar-refractivity contribution in [2.75, 3.05) is 26.0 Å². The van der Waals surface area contributed by atoms with Gasteiger partial charge in [0.05, 0.1) is 6.04 Å². The number of urea groups is 1. The summed E-state index contributed by atoms with van der Waals surface area (Å²) in [5, 5.41) is 8.44. The van der Waals surface area contributed by atoms with Gasteiger partial charge in [-0.15, -0.1) is 11.3 Å². The molecule has 2 aromatic rings. The molecular weight excluding hydrogens is 318 g/mol. The van der Waals surface area contributed by atoms with Crippen LogP contribution in [0.15, 0.2) is 35.7 Å². The highest BCUT2D eigenvalue weighted by Crippen LogP contribution is 2.24. The van der Waals surface area contributed by atoms with E-state index in [1.54, 1.807) is 17.4 Å². The fourth-order valence-corrected chi connectivity index (χ4v) is 3.21. The van der Waals surface area contributed by atoms with Gasteiger partial charge >= 0.3 is 6.03 Å². The number of nitrogens with one attached hydrogen (secondary N) is 2. The zero-order chi connectivity index (χ0) is 16.1. The van der Waals surface area contributed by atoms with Crippen molar-refractivity contribution >= 4 is 34.7 Å². The smallest absolute Gasteiger partial charge is 0.319 e. The summed E-state index contributed by atoms with van der Waals surface area (Å²) in [4.78, 5) is 15.4. The molecule has 0 saturated carbocycles. The third-order valence-electron chi connectivity index (χ3n) is 3.47. The number of thiophene rings is 1. The lowest BCUT2D eigenvalue weighted by atomic mass is 10.2. The number of carbonyl (C=O) groups excluding carboxylic acids is 1. The molecule has 1 aromatic carbocycles. The summed E-state index contributed by atoms with van der Waals surface area (Å²) in [6.07, 6.45) is 0. The topological polar surface area (TPSA) is 44.4 Å². The Hall–Kier alpha value is -1.56. The van der Waals surface area contributed by atoms with Gasteiger partial charge in [0.25, 0.3) is 0 Å². The van der Waals surface area contributed by atoms with Crippen molar-refractivity contribution in [3.8, 4) is 0 Å². The normalized spacial score (nSPS) is 12.2. The van der Waals surface area contributed by atoms with Crippen molar-refractivity contribution in [2.24, 2.45) is 0 Å². The highest BCUT2D eigenvalue weighted by molar-refractivity contribution is 7.10. The number of benzene rings is 1. The number of nitrogens with zero attached hydrogens (tertiary/aromatic N) is 1. The molecule has 0 fully saturated rings. The highest BCUT2D eigenvalue weighted by atomic mass is 35.5. The van der Waals surface area contributed by atoms with Crippen LogP contribution in [0.1, 0.15) is 16.5 Å². The number of anilines is 1. The molecule has 1 aromatic heterocycles. The first-order valence-corrected chi connectivity index (χ1v) is 8.24. The van der Waals surface area contributed by atoms with Crippen LogP contribution in [0.5, 0.6) is 0 Å². The van der Waals surface area contributed by atoms with E-state index in [2.05, 4.69) is 21.6 Å². The summed E-state index contributed by atoms with van der Waals surface area (Å²) in [7, 11) is 4.01. The predicted octanol–water partition coefficient (Wildman–Crippen LogP) is 4.13. The lowest BCUT2D eigenvalue weighted by molar-refractivity contribution is 0.244. The molecule has 2 rings (SSSR count). The molecule has 0 saturated heterocycles. The molecule has 22 heavy (non-hydrogen) atoms. The van der Waals surface area contributed by atoms with Crippen molar-refractivity contribution in [1.29, 1.82) is 0 Å². The lowest BCUT2D eigenvalue weighted by Gasteiger charge is -2.23. The molecule has 0 radical (unpaired) electrons. The van der Waals surface area contributed by atoms with Crippen LogP contribution >= 0.6 is 22.9 Å². The molecule has 4 nitrogen and oxygen atoms in total. The van der Waals surface area contributed by atoms with E-state index in [0.717, 1.165) is 11.3 Å². The number of amides is 2. The van der Waals surface area contributed by atoms with Gasteiger partial charge < -0.3 is 15.5 Å². The maximum atomic E-state index is 12.1. The van der Waals surface area contributed by atoms with E-state index in [1.165, 1.54) is 4.88 Å². The summed E-state index contributed by atoms with van der Waals surface area (Å²) in [6, 6.07) is 9.49. The summed E-state index contributed by atoms with van der Waals surface area (Å²) in [5.41, 5.74) is 1.59. The van der Waals surface area contributed by atoms with Crippen LogP contribution in [-0.4, -0.2) is 31.6 Å². The third kappa shape index (κ3) is 4.22. The molecule has 0 spiro atoms. The average molecular weight is 338 g/mol. The van der Waals surface area contributed by atoms with Gasteiger partial charge in [-0.3, -0.25) is 0 Å². The van der Waals surface area contributed by atoms with Crippen LogP contribution in [0.4, 0.5) is 10.5 Å². The Labute approximate surface area is 140 Å². The maximum Gasteiger partial charge on any atom is 0.319 e. The van der Waals surface area contributed by atoms with Crippen LogP contribution in [0.3, 0.4) is 0 Å². The molecule has 1 atom stereocenters. The second-order valence-corrected chi connectivity index (χ2v) is 6.63. The highest BCUT2D eigenvalue weighted by Gasteiger charge is 2.16. The summed E-state index contributed by atoms with van der Waals surface area (Å²) in [6.45, 7) is 2.42. The molecule has 0 aliphatic rings. The average Bonchev–Trinajstić information content (AvgIpc) is 2.98. The minimum atomic E-state index is -0.228. The van der Waals surface area contributed by atoms with Crippen molar-refractivity contribution < 1.29 is 4.79 Å². The van der Waals surface area contributed by atoms with Crippen LogP contribution in [-0.2, 0) is 0 Å². The minimum Gasteiger partial charge on any atom is -0.336 e. The molecule has 6 heteroatoms. The first kappa shape index (κ1) is 16.8. The molecule has 2 N–H and O–H groups in total. The van der Waals surface area contributed by atoms with Crippen molar-refractivity contribution in [1.82, 2.24) is 10.2 Å². The van der Waals surface area contributed by atoms with E-state index in [-0.39, 0.29) is 12.1 Å². The summed E-state index contributed by atoms with van der Waals surface area (Å²) < 4.78 is 0. The van der Waals surface area contributed by atoms with Gasteiger partial charge in [0.2, 0.25) is 0 Å². The second kappa shape index (κ2) is 7.63. The van der Waals surface area contributed by atoms with Gasteiger partial charge in [0.15, 0.2) is 0 Å². The number of rotatable bonds is 5. The Morgan fingerprint density at radius 3 is 2.73 bits per heavy atom. The van der Waals surface area contributed by atoms with Gasteiger partial charge in [-0.2, -0.15) is 0 Å². The van der Waals surface area contributed by atoms with Crippen LogP contribution in [0.2, 0.25) is 5.02 Å². The minimum absolute atomic E-state index is 0.159. The van der Waals surface area contributed by atoms with E-state index in [9.17, 15) is 4.79 Å². The Morgan fingerprint density at radius 1 is 1.32 bits per heavy atom. The molecule has 118 valence electrons. The van der Waals surface area contributed by atoms with E-state index in [1.807, 2.05) is 44.6 Å². The third-order valence-corrected chi connectivity index (χ3v) is 4.85. The predicted molar refractivity (Wildman–Crippen MR) is 94.0 cm³/mol. The van der Waals surface area contributed by atoms with Crippen molar-refractivity contribution in [3.63, 3.8) is 0 Å². The SMILES string of the molecule is Cc1c(Cl)cccc1NC(=O)NC[C@H](c1cccs1)N(C)C. The molecule has 0 aliphatic carbocycles. The van der Waals surface area contributed by atoms with E-state index < -0.39 is 0 Å². The monoisotopic (exact) mass is 337 g/mol. The number of hydrogen-bond donors (Lipinski definition) is 2. The number of hydrogen-bond acceptors (Lipinski definition) is 3. The van der Waals surface area contributed by atoms with Gasteiger partial charge in [-0.05, 0) is 50.2 Å². The summed E-state index contributed by atoms with van der Waals surface area (Å²) in [5.74, 6) is 0. The maximum absolute atomic E-state index is 12.1. The zero-order valence-corrected chi connectivity index (χ0v) is 14.5. The Kier molecular flexibility index (Phi) is 5.83. The number of halogens is 1. The Balaban J connectivity index is 1.96. The Morgan fingerprint density at radius 2 is 2.09 bits per heavy atom. The van der Waals surface area contributed by atoms with Crippen molar-refractivity contribution in [3.05, 3.63) is 51.2 Å². The number of likely N-dealkylation sites (N-methyl/N-ethyl adjacent to an activating group) is 1. The molecule has 2 amide bonds. The first-order chi connectivity index (χ1) is 10.5. The molecular formula is C16H20ClN3OS. The molecule has 1 heterocycles. The van der Waals surface area contributed by atoms with Crippen LogP contribution < -0.4 is 10.6 Å². The zero-order valence-electron chi connectivity index (χ0n) is 12.9. The molecule has 0 bridgehead atoms. The standard InChI is InChI=1S/C16H20ClN3OS/c1-11-12(17)6-4-7-13(11)19-16(21)18-10-14(20(2)3)15-8-5-9-22-15/h4-9,14H,10H2,1-3H3,(H2,18,19,21)/t14-/m1/s1. The lowest BCUT2D eigenvalue weighted by Crippen LogP contribution is -2.36. The van der Waals surface area contributed by atoms with Gasteiger partial charge in [0.1, 0.15) is 0 Å². The van der Waals surface area contributed by atoms with Gasteiger partial charge in [-0.25, -0.2) is 4.79 Å². The number of carbonyl (C=O) groups is 1. The molecule has 0 aliphatic heterocycles. The summed E-state index contributed by atoms with van der Waals surface area (Å²) >= 11 is 7.75. The second-order valence-electron chi connectivity index (χ2n) is 5.24. The van der Waals surface area contributed by atoms with Gasteiger partial charge in [0, 0.05) is 22.1 Å². The largest absolute Gasteiger partial charge is 0.336 e. The molecule has 0 unspecified atom stereocenters. The van der Waals surface area contributed by atoms with Crippen LogP contribution in [0.25, 0.3) is 0 Å². The van der Waals surface area contributed by atoms with Crippen molar-refractivity contribution in [2.45, 2.75) is 13.0 Å². The van der Waals surface area contributed by atoms with Crippen LogP contribution in [0, 0.1) is 6.92 Å². The fraction of sp³-hybridized carbons (Fsp3) is 0.312. The Bertz CT molecular complexity index is 628. The van der Waals surface area contributed by atoms with Gasteiger partial charge in [-0.1, -0.05) is 23.7 Å². The first-order valence-electron chi connectivity index (χ1n) is 6.99. The van der Waals surface area contributed by atoms with E-state index >= 15 is 0 Å². The quantitative estimate of drug-likeness (QED) is 0.861.